The van der Waals surface area contributed by atoms with Gasteiger partial charge in [0.05, 0.1) is 11.1 Å². The molecule has 0 aliphatic carbocycles. The van der Waals surface area contributed by atoms with Crippen LogP contribution < -0.4 is 0 Å². The van der Waals surface area contributed by atoms with Gasteiger partial charge in [-0.25, -0.2) is 0 Å². The Morgan fingerprint density at radius 2 is 0.611 bits per heavy atom. The molecule has 36 heavy (non-hydrogen) atoms. The van der Waals surface area contributed by atoms with Gasteiger partial charge in [0.25, 0.3) is 0 Å². The average Bonchev–Trinajstić information content (AvgIpc) is 2.87. The van der Waals surface area contributed by atoms with E-state index in [9.17, 15) is 35.9 Å². The topological polar surface area (TPSA) is 34.1 Å². The first-order valence-corrected chi connectivity index (χ1v) is 10.6. The second kappa shape index (κ2) is 9.45. The molecule has 0 aromatic heterocycles. The van der Waals surface area contributed by atoms with Gasteiger partial charge in [0.2, 0.25) is 11.6 Å². The molecule has 182 valence electrons. The number of halogens is 6. The monoisotopic (exact) mass is 498 g/mol. The molecule has 4 aromatic carbocycles. The van der Waals surface area contributed by atoms with Crippen molar-refractivity contribution < 1.29 is 35.9 Å². The van der Waals surface area contributed by atoms with Gasteiger partial charge < -0.3 is 0 Å². The van der Waals surface area contributed by atoms with Crippen molar-refractivity contribution in [2.45, 2.75) is 12.4 Å². The van der Waals surface area contributed by atoms with E-state index < -0.39 is 35.0 Å². The first-order chi connectivity index (χ1) is 16.9. The van der Waals surface area contributed by atoms with Crippen LogP contribution in [0.25, 0.3) is 22.3 Å². The van der Waals surface area contributed by atoms with Crippen LogP contribution >= 0.6 is 0 Å². The van der Waals surface area contributed by atoms with E-state index in [-0.39, 0.29) is 11.1 Å². The van der Waals surface area contributed by atoms with Gasteiger partial charge in [-0.2, -0.15) is 26.3 Å². The molecule has 0 heterocycles. The third-order valence-corrected chi connectivity index (χ3v) is 5.59. The Morgan fingerprint density at radius 3 is 0.833 bits per heavy atom. The lowest BCUT2D eigenvalue weighted by Crippen LogP contribution is -2.14. The number of Topliss-reactive ketones (excluding diaryl/α,β-unsaturated/α-hetero) is 2. The van der Waals surface area contributed by atoms with Crippen LogP contribution in [0.2, 0.25) is 0 Å². The lowest BCUT2D eigenvalue weighted by atomic mass is 9.96. The van der Waals surface area contributed by atoms with Crippen molar-refractivity contribution in [3.05, 3.63) is 119 Å². The maximum Gasteiger partial charge on any atom is 0.416 e. The van der Waals surface area contributed by atoms with E-state index >= 15 is 0 Å². The van der Waals surface area contributed by atoms with Gasteiger partial charge in [0.1, 0.15) is 0 Å². The fourth-order valence-corrected chi connectivity index (χ4v) is 3.59. The van der Waals surface area contributed by atoms with Crippen LogP contribution in [-0.2, 0) is 12.4 Å². The maximum absolute atomic E-state index is 12.7. The molecule has 0 saturated carbocycles. The first kappa shape index (κ1) is 24.9. The molecule has 0 atom stereocenters. The predicted octanol–water partition coefficient (Wildman–Crippen LogP) is 8.12. The molecule has 2 nitrogen and oxygen atoms in total. The first-order valence-electron chi connectivity index (χ1n) is 10.6. The van der Waals surface area contributed by atoms with Gasteiger partial charge in [0, 0.05) is 11.1 Å². The molecule has 0 saturated heterocycles. The zero-order chi connectivity index (χ0) is 26.1. The summed E-state index contributed by atoms with van der Waals surface area (Å²) in [5.41, 5.74) is 0.882. The number of hydrogen-bond acceptors (Lipinski definition) is 2. The number of carbonyl (C=O) groups excluding carboxylic acids is 2. The van der Waals surface area contributed by atoms with Gasteiger partial charge in [-0.05, 0) is 46.5 Å². The van der Waals surface area contributed by atoms with Crippen molar-refractivity contribution in [2.75, 3.05) is 0 Å². The highest BCUT2D eigenvalue weighted by atomic mass is 19.4. The average molecular weight is 498 g/mol. The fourth-order valence-electron chi connectivity index (χ4n) is 3.59. The Morgan fingerprint density at radius 1 is 0.389 bits per heavy atom. The van der Waals surface area contributed by atoms with Gasteiger partial charge in [-0.15, -0.1) is 0 Å². The fraction of sp³-hybridized carbons (Fsp3) is 0.0714. The van der Waals surface area contributed by atoms with E-state index in [1.807, 2.05) is 0 Å². The van der Waals surface area contributed by atoms with E-state index in [0.717, 1.165) is 24.3 Å². The van der Waals surface area contributed by atoms with Crippen LogP contribution in [0.4, 0.5) is 26.3 Å². The van der Waals surface area contributed by atoms with Crippen molar-refractivity contribution in [2.24, 2.45) is 0 Å². The lowest BCUT2D eigenvalue weighted by molar-refractivity contribution is -0.138. The summed E-state index contributed by atoms with van der Waals surface area (Å²) in [4.78, 5) is 25.3. The number of ketones is 2. The van der Waals surface area contributed by atoms with E-state index in [0.29, 0.717) is 22.3 Å². The maximum atomic E-state index is 12.7. The Kier molecular flexibility index (Phi) is 6.54. The third kappa shape index (κ3) is 5.38. The minimum atomic E-state index is -4.44. The van der Waals surface area contributed by atoms with Crippen LogP contribution in [0.5, 0.6) is 0 Å². The van der Waals surface area contributed by atoms with Gasteiger partial charge in [-0.3, -0.25) is 9.59 Å². The van der Waals surface area contributed by atoms with E-state index in [2.05, 4.69) is 0 Å². The molecule has 4 rings (SSSR count). The number of rotatable bonds is 5. The number of hydrogen-bond donors (Lipinski definition) is 0. The van der Waals surface area contributed by atoms with Crippen LogP contribution in [0.15, 0.2) is 97.1 Å². The Labute approximate surface area is 201 Å². The molecule has 0 aliphatic heterocycles. The second-order valence-electron chi connectivity index (χ2n) is 7.96. The lowest BCUT2D eigenvalue weighted by Gasteiger charge is -2.09. The summed E-state index contributed by atoms with van der Waals surface area (Å²) in [5, 5.41) is 0. The molecule has 0 radical (unpaired) electrons. The van der Waals surface area contributed by atoms with Crippen LogP contribution in [0, 0.1) is 0 Å². The number of alkyl halides is 6. The summed E-state index contributed by atoms with van der Waals surface area (Å²) in [7, 11) is 0. The molecule has 4 aromatic rings. The molecule has 0 fully saturated rings. The summed E-state index contributed by atoms with van der Waals surface area (Å²) < 4.78 is 76.4. The van der Waals surface area contributed by atoms with Crippen molar-refractivity contribution in [3.8, 4) is 22.3 Å². The summed E-state index contributed by atoms with van der Waals surface area (Å²) in [5.74, 6) is -1.53. The molecule has 0 unspecified atom stereocenters. The molecule has 8 heteroatoms. The minimum Gasteiger partial charge on any atom is -0.285 e. The number of carbonyl (C=O) groups is 2. The molecule has 0 aliphatic rings. The van der Waals surface area contributed by atoms with Crippen molar-refractivity contribution in [3.63, 3.8) is 0 Å². The smallest absolute Gasteiger partial charge is 0.285 e. The summed E-state index contributed by atoms with van der Waals surface area (Å²) in [6.07, 6.45) is -8.88. The highest BCUT2D eigenvalue weighted by molar-refractivity contribution is 6.49. The van der Waals surface area contributed by atoms with Gasteiger partial charge in [-0.1, -0.05) is 72.8 Å². The van der Waals surface area contributed by atoms with E-state index in [1.165, 1.54) is 72.8 Å². The zero-order valence-corrected chi connectivity index (χ0v) is 18.3. The van der Waals surface area contributed by atoms with Gasteiger partial charge >= 0.3 is 12.4 Å². The highest BCUT2D eigenvalue weighted by Crippen LogP contribution is 2.32. The minimum absolute atomic E-state index is 0.113. The zero-order valence-electron chi connectivity index (χ0n) is 18.3. The molecule has 0 bridgehead atoms. The van der Waals surface area contributed by atoms with Crippen molar-refractivity contribution in [1.29, 1.82) is 0 Å². The van der Waals surface area contributed by atoms with Gasteiger partial charge in [0.15, 0.2) is 0 Å². The molecular formula is C28H16F6O2. The third-order valence-electron chi connectivity index (χ3n) is 5.59. The van der Waals surface area contributed by atoms with E-state index in [1.54, 1.807) is 0 Å². The molecule has 0 spiro atoms. The van der Waals surface area contributed by atoms with Crippen molar-refractivity contribution >= 4 is 11.6 Å². The standard InChI is InChI=1S/C28H16F6O2/c29-27(30,31)23-13-9-19(10-14-23)17-1-5-21(6-2-17)25(35)26(36)22-7-3-18(4-8-22)20-11-15-24(16-12-20)28(32,33)34/h1-16H. The predicted molar refractivity (Wildman–Crippen MR) is 122 cm³/mol. The van der Waals surface area contributed by atoms with E-state index in [4.69, 9.17) is 0 Å². The van der Waals surface area contributed by atoms with Crippen molar-refractivity contribution in [1.82, 2.24) is 0 Å². The molecule has 0 amide bonds. The molecule has 0 N–H and O–H groups in total. The SMILES string of the molecule is O=C(C(=O)c1ccc(-c2ccc(C(F)(F)F)cc2)cc1)c1ccc(-c2ccc(C(F)(F)F)cc2)cc1. The molecular weight excluding hydrogens is 482 g/mol. The second-order valence-corrected chi connectivity index (χ2v) is 7.96. The Hall–Kier alpha value is -4.20. The van der Waals surface area contributed by atoms with Crippen LogP contribution in [0.1, 0.15) is 31.8 Å². The Bertz CT molecular complexity index is 1270. The largest absolute Gasteiger partial charge is 0.416 e. The summed E-state index contributed by atoms with van der Waals surface area (Å²) in [6, 6.07) is 21.0. The Balaban J connectivity index is 1.47. The quantitative estimate of drug-likeness (QED) is 0.158. The normalized spacial score (nSPS) is 11.8. The summed E-state index contributed by atoms with van der Waals surface area (Å²) >= 11 is 0. The highest BCUT2D eigenvalue weighted by Gasteiger charge is 2.30. The van der Waals surface area contributed by atoms with Crippen LogP contribution in [0.3, 0.4) is 0 Å². The number of benzene rings is 4. The van der Waals surface area contributed by atoms with Crippen LogP contribution in [-0.4, -0.2) is 11.6 Å². The summed E-state index contributed by atoms with van der Waals surface area (Å²) in [6.45, 7) is 0.